The summed E-state index contributed by atoms with van der Waals surface area (Å²) in [5, 5.41) is 26.4. The molecule has 3 N–H and O–H groups in total. The molecule has 1 aliphatic heterocycles. The zero-order valence-corrected chi connectivity index (χ0v) is 4.90. The summed E-state index contributed by atoms with van der Waals surface area (Å²) in [5.41, 5.74) is 0. The SMILES string of the molecule is OC1C[C@@H](O)OC[C@@H]1O. The van der Waals surface area contributed by atoms with Crippen LogP contribution in [0.3, 0.4) is 0 Å². The average molecular weight is 134 g/mol. The molecule has 1 unspecified atom stereocenters. The van der Waals surface area contributed by atoms with Crippen LogP contribution in [0, 0.1) is 0 Å². The van der Waals surface area contributed by atoms with Gasteiger partial charge in [-0.25, -0.2) is 0 Å². The maximum Gasteiger partial charge on any atom is 0.157 e. The Balaban J connectivity index is 2.35. The largest absolute Gasteiger partial charge is 0.390 e. The van der Waals surface area contributed by atoms with Crippen LogP contribution in [0.5, 0.6) is 0 Å². The fraction of sp³-hybridized carbons (Fsp3) is 1.00. The Bertz CT molecular complexity index is 95.0. The van der Waals surface area contributed by atoms with Gasteiger partial charge in [-0.1, -0.05) is 0 Å². The van der Waals surface area contributed by atoms with E-state index in [9.17, 15) is 0 Å². The van der Waals surface area contributed by atoms with Gasteiger partial charge in [0.1, 0.15) is 6.10 Å². The van der Waals surface area contributed by atoms with Crippen molar-refractivity contribution in [1.29, 1.82) is 0 Å². The van der Waals surface area contributed by atoms with E-state index in [1.54, 1.807) is 0 Å². The first-order chi connectivity index (χ1) is 4.20. The quantitative estimate of drug-likeness (QED) is 0.375. The molecule has 1 aliphatic rings. The molecule has 3 atom stereocenters. The Morgan fingerprint density at radius 1 is 1.11 bits per heavy atom. The molecule has 0 aromatic rings. The zero-order valence-electron chi connectivity index (χ0n) is 4.90. The van der Waals surface area contributed by atoms with E-state index in [4.69, 9.17) is 15.3 Å². The highest BCUT2D eigenvalue weighted by molar-refractivity contribution is 4.72. The molecule has 4 nitrogen and oxygen atoms in total. The summed E-state index contributed by atoms with van der Waals surface area (Å²) in [6.07, 6.45) is -2.49. The van der Waals surface area contributed by atoms with Crippen LogP contribution >= 0.6 is 0 Å². The Labute approximate surface area is 52.7 Å². The first-order valence-corrected chi connectivity index (χ1v) is 2.86. The Hall–Kier alpha value is -0.160. The van der Waals surface area contributed by atoms with Gasteiger partial charge in [-0.3, -0.25) is 0 Å². The molecule has 0 radical (unpaired) electrons. The topological polar surface area (TPSA) is 69.9 Å². The summed E-state index contributed by atoms with van der Waals surface area (Å²) in [6, 6.07) is 0. The lowest BCUT2D eigenvalue weighted by Gasteiger charge is -2.26. The molecular formula is C5H10O4. The van der Waals surface area contributed by atoms with Gasteiger partial charge in [0, 0.05) is 6.42 Å². The van der Waals surface area contributed by atoms with Crippen LogP contribution in [-0.2, 0) is 4.74 Å². The third-order valence-electron chi connectivity index (χ3n) is 1.35. The van der Waals surface area contributed by atoms with Crippen molar-refractivity contribution in [3.8, 4) is 0 Å². The fourth-order valence-electron chi connectivity index (χ4n) is 0.752. The second-order valence-electron chi connectivity index (χ2n) is 2.16. The number of ether oxygens (including phenoxy) is 1. The van der Waals surface area contributed by atoms with Crippen LogP contribution in [-0.4, -0.2) is 40.4 Å². The maximum atomic E-state index is 8.86. The summed E-state index contributed by atoms with van der Waals surface area (Å²) in [4.78, 5) is 0. The molecule has 0 aromatic heterocycles. The molecule has 0 amide bonds. The van der Waals surface area contributed by atoms with E-state index in [0.717, 1.165) is 0 Å². The molecule has 9 heavy (non-hydrogen) atoms. The van der Waals surface area contributed by atoms with Crippen molar-refractivity contribution in [2.24, 2.45) is 0 Å². The monoisotopic (exact) mass is 134 g/mol. The molecule has 1 fully saturated rings. The van der Waals surface area contributed by atoms with Crippen LogP contribution in [0.15, 0.2) is 0 Å². The van der Waals surface area contributed by atoms with Gasteiger partial charge in [-0.05, 0) is 0 Å². The molecule has 1 saturated heterocycles. The van der Waals surface area contributed by atoms with Gasteiger partial charge in [0.15, 0.2) is 6.29 Å². The van der Waals surface area contributed by atoms with E-state index in [-0.39, 0.29) is 13.0 Å². The van der Waals surface area contributed by atoms with Gasteiger partial charge >= 0.3 is 0 Å². The number of aliphatic hydroxyl groups is 3. The lowest BCUT2D eigenvalue weighted by molar-refractivity contribution is -0.193. The van der Waals surface area contributed by atoms with Crippen LogP contribution in [0.2, 0.25) is 0 Å². The van der Waals surface area contributed by atoms with Crippen LogP contribution < -0.4 is 0 Å². The minimum Gasteiger partial charge on any atom is -0.390 e. The van der Waals surface area contributed by atoms with Crippen molar-refractivity contribution in [2.75, 3.05) is 6.61 Å². The van der Waals surface area contributed by atoms with Gasteiger partial charge in [0.05, 0.1) is 12.7 Å². The maximum absolute atomic E-state index is 8.86. The second-order valence-corrected chi connectivity index (χ2v) is 2.16. The van der Waals surface area contributed by atoms with E-state index < -0.39 is 18.5 Å². The minimum absolute atomic E-state index is 0.0162. The van der Waals surface area contributed by atoms with Gasteiger partial charge in [-0.2, -0.15) is 0 Å². The lowest BCUT2D eigenvalue weighted by Crippen LogP contribution is -2.40. The molecular weight excluding hydrogens is 124 g/mol. The summed E-state index contributed by atoms with van der Waals surface area (Å²) in [5.74, 6) is 0. The smallest absolute Gasteiger partial charge is 0.157 e. The Kier molecular flexibility index (Phi) is 2.02. The first kappa shape index (κ1) is 6.95. The highest BCUT2D eigenvalue weighted by Gasteiger charge is 2.26. The highest BCUT2D eigenvalue weighted by atomic mass is 16.6. The summed E-state index contributed by atoms with van der Waals surface area (Å²) >= 11 is 0. The predicted molar refractivity (Wildman–Crippen MR) is 28.6 cm³/mol. The highest BCUT2D eigenvalue weighted by Crippen LogP contribution is 2.11. The molecule has 0 aliphatic carbocycles. The minimum atomic E-state index is -0.914. The van der Waals surface area contributed by atoms with Crippen molar-refractivity contribution in [1.82, 2.24) is 0 Å². The molecule has 1 heterocycles. The first-order valence-electron chi connectivity index (χ1n) is 2.86. The van der Waals surface area contributed by atoms with Crippen LogP contribution in [0.1, 0.15) is 6.42 Å². The van der Waals surface area contributed by atoms with Crippen molar-refractivity contribution < 1.29 is 20.1 Å². The molecule has 4 heteroatoms. The normalized spacial score (nSPS) is 45.0. The second kappa shape index (κ2) is 2.62. The van der Waals surface area contributed by atoms with E-state index in [1.807, 2.05) is 0 Å². The van der Waals surface area contributed by atoms with Crippen molar-refractivity contribution in [2.45, 2.75) is 24.9 Å². The third-order valence-corrected chi connectivity index (χ3v) is 1.35. The van der Waals surface area contributed by atoms with Crippen molar-refractivity contribution in [3.05, 3.63) is 0 Å². The zero-order chi connectivity index (χ0) is 6.85. The van der Waals surface area contributed by atoms with Gasteiger partial charge < -0.3 is 20.1 Å². The third kappa shape index (κ3) is 1.62. The average Bonchev–Trinajstić information content (AvgIpc) is 1.80. The number of hydrogen-bond acceptors (Lipinski definition) is 4. The molecule has 1 rings (SSSR count). The Morgan fingerprint density at radius 3 is 2.22 bits per heavy atom. The number of hydrogen-bond donors (Lipinski definition) is 3. The van der Waals surface area contributed by atoms with Gasteiger partial charge in [0.2, 0.25) is 0 Å². The summed E-state index contributed by atoms with van der Waals surface area (Å²) < 4.78 is 4.61. The molecule has 0 aromatic carbocycles. The van der Waals surface area contributed by atoms with Gasteiger partial charge in [-0.15, -0.1) is 0 Å². The van der Waals surface area contributed by atoms with E-state index in [0.29, 0.717) is 0 Å². The Morgan fingerprint density at radius 2 is 1.78 bits per heavy atom. The summed E-state index contributed by atoms with van der Waals surface area (Å²) in [6.45, 7) is 0.0162. The van der Waals surface area contributed by atoms with Crippen molar-refractivity contribution in [3.63, 3.8) is 0 Å². The van der Waals surface area contributed by atoms with E-state index >= 15 is 0 Å². The summed E-state index contributed by atoms with van der Waals surface area (Å²) in [7, 11) is 0. The molecule has 54 valence electrons. The standard InChI is InChI=1S/C5H10O4/c6-3-1-5(8)9-2-4(3)7/h3-8H,1-2H2/t3?,4-,5-/m0/s1. The van der Waals surface area contributed by atoms with Crippen LogP contribution in [0.25, 0.3) is 0 Å². The van der Waals surface area contributed by atoms with E-state index in [1.165, 1.54) is 0 Å². The molecule has 0 saturated carbocycles. The van der Waals surface area contributed by atoms with Crippen LogP contribution in [0.4, 0.5) is 0 Å². The van der Waals surface area contributed by atoms with E-state index in [2.05, 4.69) is 4.74 Å². The van der Waals surface area contributed by atoms with Gasteiger partial charge in [0.25, 0.3) is 0 Å². The fourth-order valence-corrected chi connectivity index (χ4v) is 0.752. The predicted octanol–water partition coefficient (Wildman–Crippen LogP) is -1.55. The molecule has 0 spiro atoms. The number of rotatable bonds is 0. The lowest BCUT2D eigenvalue weighted by atomic mass is 10.1. The van der Waals surface area contributed by atoms with Crippen molar-refractivity contribution >= 4 is 0 Å². The number of aliphatic hydroxyl groups excluding tert-OH is 3. The molecule has 0 bridgehead atoms.